The van der Waals surface area contributed by atoms with Crippen molar-refractivity contribution >= 4 is 11.7 Å². The summed E-state index contributed by atoms with van der Waals surface area (Å²) in [6.45, 7) is 4.10. The molecule has 0 atom stereocenters. The van der Waals surface area contributed by atoms with Gasteiger partial charge in [-0.3, -0.25) is 4.79 Å². The first-order valence-corrected chi connectivity index (χ1v) is 7.19. The molecule has 2 rings (SSSR count). The van der Waals surface area contributed by atoms with Crippen molar-refractivity contribution in [1.29, 1.82) is 0 Å². The number of amides is 1. The second-order valence-electron chi connectivity index (χ2n) is 5.52. The SMILES string of the molecule is CC(C)Nc1cccc(C(=O)NC2CCCCC2)n1. The molecular weight excluding hydrogens is 238 g/mol. The lowest BCUT2D eigenvalue weighted by Gasteiger charge is -2.22. The molecule has 0 unspecified atom stereocenters. The minimum atomic E-state index is -0.0562. The number of pyridine rings is 1. The van der Waals surface area contributed by atoms with Gasteiger partial charge in [0.2, 0.25) is 0 Å². The number of nitrogens with one attached hydrogen (secondary N) is 2. The fraction of sp³-hybridized carbons (Fsp3) is 0.600. The third kappa shape index (κ3) is 4.23. The maximum absolute atomic E-state index is 12.1. The average molecular weight is 261 g/mol. The fourth-order valence-electron chi connectivity index (χ4n) is 2.44. The fourth-order valence-corrected chi connectivity index (χ4v) is 2.44. The average Bonchev–Trinajstić information content (AvgIpc) is 2.39. The normalized spacial score (nSPS) is 16.4. The molecule has 1 fully saturated rings. The van der Waals surface area contributed by atoms with E-state index in [0.29, 0.717) is 17.8 Å². The molecule has 0 aromatic carbocycles. The highest BCUT2D eigenvalue weighted by Crippen LogP contribution is 2.17. The van der Waals surface area contributed by atoms with Gasteiger partial charge >= 0.3 is 0 Å². The summed E-state index contributed by atoms with van der Waals surface area (Å²) in [5.41, 5.74) is 0.497. The van der Waals surface area contributed by atoms with Gasteiger partial charge in [-0.1, -0.05) is 25.3 Å². The number of hydrogen-bond donors (Lipinski definition) is 2. The highest BCUT2D eigenvalue weighted by molar-refractivity contribution is 5.92. The van der Waals surface area contributed by atoms with Gasteiger partial charge in [-0.15, -0.1) is 0 Å². The van der Waals surface area contributed by atoms with Crippen molar-refractivity contribution in [2.75, 3.05) is 5.32 Å². The summed E-state index contributed by atoms with van der Waals surface area (Å²) in [7, 11) is 0. The predicted molar refractivity (Wildman–Crippen MR) is 77.3 cm³/mol. The molecule has 104 valence electrons. The molecule has 1 aliphatic rings. The summed E-state index contributed by atoms with van der Waals surface area (Å²) in [5, 5.41) is 6.30. The highest BCUT2D eigenvalue weighted by atomic mass is 16.1. The molecule has 1 aromatic heterocycles. The molecule has 0 saturated heterocycles. The Kier molecular flexibility index (Phi) is 4.77. The molecule has 0 spiro atoms. The third-order valence-electron chi connectivity index (χ3n) is 3.36. The number of aromatic nitrogens is 1. The van der Waals surface area contributed by atoms with Crippen LogP contribution in [0.1, 0.15) is 56.4 Å². The van der Waals surface area contributed by atoms with Gasteiger partial charge in [-0.25, -0.2) is 4.98 Å². The zero-order chi connectivity index (χ0) is 13.7. The van der Waals surface area contributed by atoms with Crippen molar-refractivity contribution in [1.82, 2.24) is 10.3 Å². The summed E-state index contributed by atoms with van der Waals surface area (Å²) in [6, 6.07) is 6.16. The molecule has 19 heavy (non-hydrogen) atoms. The molecule has 4 nitrogen and oxygen atoms in total. The van der Waals surface area contributed by atoms with Crippen molar-refractivity contribution in [2.45, 2.75) is 58.0 Å². The van der Waals surface area contributed by atoms with E-state index in [-0.39, 0.29) is 5.91 Å². The van der Waals surface area contributed by atoms with Crippen molar-refractivity contribution < 1.29 is 4.79 Å². The first-order chi connectivity index (χ1) is 9.15. The van der Waals surface area contributed by atoms with Crippen LogP contribution in [0.4, 0.5) is 5.82 Å². The molecule has 0 aliphatic heterocycles. The molecule has 0 bridgehead atoms. The number of rotatable bonds is 4. The Bertz CT molecular complexity index is 425. The van der Waals surface area contributed by atoms with Gasteiger partial charge in [0, 0.05) is 12.1 Å². The van der Waals surface area contributed by atoms with Crippen molar-refractivity contribution in [2.24, 2.45) is 0 Å². The summed E-state index contributed by atoms with van der Waals surface area (Å²) in [6.07, 6.45) is 5.91. The van der Waals surface area contributed by atoms with E-state index in [0.717, 1.165) is 18.7 Å². The summed E-state index contributed by atoms with van der Waals surface area (Å²) in [4.78, 5) is 16.5. The molecule has 4 heteroatoms. The van der Waals surface area contributed by atoms with Crippen LogP contribution in [0.2, 0.25) is 0 Å². The number of hydrogen-bond acceptors (Lipinski definition) is 3. The van der Waals surface area contributed by atoms with Crippen molar-refractivity contribution in [3.8, 4) is 0 Å². The van der Waals surface area contributed by atoms with Gasteiger partial charge in [-0.05, 0) is 38.8 Å². The maximum atomic E-state index is 12.1. The van der Waals surface area contributed by atoms with Crippen LogP contribution in [0.5, 0.6) is 0 Å². The van der Waals surface area contributed by atoms with Gasteiger partial charge in [0.25, 0.3) is 5.91 Å². The van der Waals surface area contributed by atoms with Gasteiger partial charge < -0.3 is 10.6 Å². The molecule has 2 N–H and O–H groups in total. The molecule has 0 radical (unpaired) electrons. The monoisotopic (exact) mass is 261 g/mol. The van der Waals surface area contributed by atoms with Gasteiger partial charge in [-0.2, -0.15) is 0 Å². The standard InChI is InChI=1S/C15H23N3O/c1-11(2)16-14-10-6-9-13(18-14)15(19)17-12-7-4-3-5-8-12/h6,9-12H,3-5,7-8H2,1-2H3,(H,16,18)(H,17,19). The lowest BCUT2D eigenvalue weighted by Crippen LogP contribution is -2.36. The number of anilines is 1. The van der Waals surface area contributed by atoms with Crippen LogP contribution in [0.25, 0.3) is 0 Å². The largest absolute Gasteiger partial charge is 0.368 e. The Morgan fingerprint density at radius 2 is 2.00 bits per heavy atom. The van der Waals surface area contributed by atoms with E-state index in [1.807, 2.05) is 12.1 Å². The van der Waals surface area contributed by atoms with E-state index in [1.54, 1.807) is 6.07 Å². The summed E-state index contributed by atoms with van der Waals surface area (Å²) >= 11 is 0. The van der Waals surface area contributed by atoms with E-state index in [2.05, 4.69) is 29.5 Å². The Balaban J connectivity index is 1.97. The molecule has 1 amide bonds. The zero-order valence-corrected chi connectivity index (χ0v) is 11.8. The Labute approximate surface area is 115 Å². The van der Waals surface area contributed by atoms with Crippen LogP contribution in [-0.4, -0.2) is 23.0 Å². The summed E-state index contributed by atoms with van der Waals surface area (Å²) in [5.74, 6) is 0.700. The molecule has 1 saturated carbocycles. The minimum absolute atomic E-state index is 0.0562. The van der Waals surface area contributed by atoms with Crippen LogP contribution in [-0.2, 0) is 0 Å². The van der Waals surface area contributed by atoms with Crippen LogP contribution in [0, 0.1) is 0 Å². The maximum Gasteiger partial charge on any atom is 0.270 e. The topological polar surface area (TPSA) is 54.0 Å². The lowest BCUT2D eigenvalue weighted by molar-refractivity contribution is 0.0923. The first kappa shape index (κ1) is 13.8. The Morgan fingerprint density at radius 1 is 1.26 bits per heavy atom. The quantitative estimate of drug-likeness (QED) is 0.876. The molecular formula is C15H23N3O. The third-order valence-corrected chi connectivity index (χ3v) is 3.36. The minimum Gasteiger partial charge on any atom is -0.368 e. The number of carbonyl (C=O) groups is 1. The summed E-state index contributed by atoms with van der Waals surface area (Å²) < 4.78 is 0. The second-order valence-corrected chi connectivity index (χ2v) is 5.52. The number of nitrogens with zero attached hydrogens (tertiary/aromatic N) is 1. The Morgan fingerprint density at radius 3 is 2.68 bits per heavy atom. The van der Waals surface area contributed by atoms with Crippen LogP contribution >= 0.6 is 0 Å². The first-order valence-electron chi connectivity index (χ1n) is 7.19. The molecule has 1 aliphatic carbocycles. The molecule has 1 aromatic rings. The van der Waals surface area contributed by atoms with Crippen LogP contribution in [0.3, 0.4) is 0 Å². The van der Waals surface area contributed by atoms with Gasteiger partial charge in [0.15, 0.2) is 0 Å². The van der Waals surface area contributed by atoms with Crippen molar-refractivity contribution in [3.63, 3.8) is 0 Å². The second kappa shape index (κ2) is 6.55. The van der Waals surface area contributed by atoms with E-state index in [9.17, 15) is 4.79 Å². The Hall–Kier alpha value is -1.58. The smallest absolute Gasteiger partial charge is 0.270 e. The van der Waals surface area contributed by atoms with E-state index in [1.165, 1.54) is 19.3 Å². The number of carbonyl (C=O) groups excluding carboxylic acids is 1. The predicted octanol–water partition coefficient (Wildman–Crippen LogP) is 2.96. The van der Waals surface area contributed by atoms with E-state index in [4.69, 9.17) is 0 Å². The van der Waals surface area contributed by atoms with E-state index >= 15 is 0 Å². The van der Waals surface area contributed by atoms with Crippen LogP contribution < -0.4 is 10.6 Å². The van der Waals surface area contributed by atoms with E-state index < -0.39 is 0 Å². The van der Waals surface area contributed by atoms with Crippen molar-refractivity contribution in [3.05, 3.63) is 23.9 Å². The zero-order valence-electron chi connectivity index (χ0n) is 11.8. The molecule has 1 heterocycles. The van der Waals surface area contributed by atoms with Gasteiger partial charge in [0.1, 0.15) is 11.5 Å². The lowest BCUT2D eigenvalue weighted by atomic mass is 9.95. The highest BCUT2D eigenvalue weighted by Gasteiger charge is 2.17. The van der Waals surface area contributed by atoms with Gasteiger partial charge in [0.05, 0.1) is 0 Å². The van der Waals surface area contributed by atoms with Crippen LogP contribution in [0.15, 0.2) is 18.2 Å².